The third-order valence-corrected chi connectivity index (χ3v) is 3.66. The summed E-state index contributed by atoms with van der Waals surface area (Å²) >= 11 is 0. The number of halogens is 2. The fourth-order valence-corrected chi connectivity index (χ4v) is 2.60. The molecule has 1 fully saturated rings. The predicted octanol–water partition coefficient (Wildman–Crippen LogP) is 2.71. The van der Waals surface area contributed by atoms with Gasteiger partial charge in [-0.2, -0.15) is 0 Å². The van der Waals surface area contributed by atoms with E-state index in [2.05, 4.69) is 0 Å². The highest BCUT2D eigenvalue weighted by atomic mass is 19.3. The van der Waals surface area contributed by atoms with Crippen molar-refractivity contribution >= 4 is 5.91 Å². The molecule has 1 aromatic rings. The molecule has 0 aliphatic carbocycles. The Kier molecular flexibility index (Phi) is 4.98. The number of carbonyl (C=O) groups is 1. The molecule has 4 nitrogen and oxygen atoms in total. The Balaban J connectivity index is 2.06. The predicted molar refractivity (Wildman–Crippen MR) is 73.7 cm³/mol. The maximum Gasteiger partial charge on any atom is 0.239 e. The molecule has 1 aliphatic rings. The highest BCUT2D eigenvalue weighted by molar-refractivity contribution is 5.78. The number of benzene rings is 1. The summed E-state index contributed by atoms with van der Waals surface area (Å²) in [6.07, 6.45) is -2.39. The van der Waals surface area contributed by atoms with Gasteiger partial charge in [0, 0.05) is 37.6 Å². The van der Waals surface area contributed by atoms with E-state index in [0.29, 0.717) is 24.6 Å². The topological polar surface area (TPSA) is 38.8 Å². The largest absolute Gasteiger partial charge is 0.497 e. The van der Waals surface area contributed by atoms with Gasteiger partial charge in [0.05, 0.1) is 14.2 Å². The van der Waals surface area contributed by atoms with Gasteiger partial charge >= 0.3 is 0 Å². The van der Waals surface area contributed by atoms with Crippen LogP contribution in [-0.4, -0.2) is 38.0 Å². The summed E-state index contributed by atoms with van der Waals surface area (Å²) in [7, 11) is 3.11. The lowest BCUT2D eigenvalue weighted by Crippen LogP contribution is -2.25. The Labute approximate surface area is 122 Å². The van der Waals surface area contributed by atoms with Gasteiger partial charge in [-0.3, -0.25) is 4.79 Å². The minimum Gasteiger partial charge on any atom is -0.497 e. The van der Waals surface area contributed by atoms with Crippen molar-refractivity contribution in [3.8, 4) is 11.5 Å². The highest BCUT2D eigenvalue weighted by Crippen LogP contribution is 2.29. The number of rotatable bonds is 6. The fraction of sp³-hybridized carbons (Fsp3) is 0.533. The van der Waals surface area contributed by atoms with E-state index in [1.807, 2.05) is 6.07 Å². The molecule has 1 unspecified atom stereocenters. The van der Waals surface area contributed by atoms with Gasteiger partial charge in [-0.1, -0.05) is 0 Å². The minimum atomic E-state index is -2.36. The van der Waals surface area contributed by atoms with Crippen molar-refractivity contribution < 1.29 is 23.0 Å². The van der Waals surface area contributed by atoms with E-state index in [4.69, 9.17) is 9.47 Å². The first kappa shape index (κ1) is 15.5. The Morgan fingerprint density at radius 3 is 2.71 bits per heavy atom. The van der Waals surface area contributed by atoms with Gasteiger partial charge in [0.15, 0.2) is 0 Å². The summed E-state index contributed by atoms with van der Waals surface area (Å²) < 4.78 is 35.2. The van der Waals surface area contributed by atoms with E-state index in [0.717, 1.165) is 5.56 Å². The molecule has 0 bridgehead atoms. The molecule has 2 rings (SSSR count). The first-order chi connectivity index (χ1) is 10.0. The molecule has 1 atom stereocenters. The number of hydrogen-bond acceptors (Lipinski definition) is 3. The van der Waals surface area contributed by atoms with Crippen molar-refractivity contribution in [3.05, 3.63) is 23.8 Å². The smallest absolute Gasteiger partial charge is 0.239 e. The molecule has 0 N–H and O–H groups in total. The molecule has 1 amide bonds. The molecular weight excluding hydrogens is 280 g/mol. The molecule has 6 heteroatoms. The number of likely N-dealkylation sites (tertiary alicyclic amines) is 1. The van der Waals surface area contributed by atoms with Crippen molar-refractivity contribution in [2.24, 2.45) is 5.92 Å². The second-order valence-corrected chi connectivity index (χ2v) is 5.15. The molecule has 0 saturated carbocycles. The Hall–Kier alpha value is -1.85. The number of carbonyl (C=O) groups excluding carboxylic acids is 1. The monoisotopic (exact) mass is 299 g/mol. The zero-order valence-electron chi connectivity index (χ0n) is 12.1. The van der Waals surface area contributed by atoms with Gasteiger partial charge in [0.2, 0.25) is 12.3 Å². The Morgan fingerprint density at radius 2 is 2.10 bits per heavy atom. The van der Waals surface area contributed by atoms with E-state index in [-0.39, 0.29) is 24.7 Å². The molecule has 0 aromatic heterocycles. The second kappa shape index (κ2) is 6.74. The van der Waals surface area contributed by atoms with Crippen LogP contribution in [0.2, 0.25) is 0 Å². The number of amides is 1. The lowest BCUT2D eigenvalue weighted by molar-refractivity contribution is -0.128. The van der Waals surface area contributed by atoms with Crippen molar-refractivity contribution in [1.29, 1.82) is 0 Å². The van der Waals surface area contributed by atoms with Crippen LogP contribution in [0.1, 0.15) is 18.4 Å². The molecular formula is C15H19F2NO3. The normalized spacial score (nSPS) is 18.4. The molecule has 1 heterocycles. The maximum atomic E-state index is 12.4. The summed E-state index contributed by atoms with van der Waals surface area (Å²) in [5, 5.41) is 0. The van der Waals surface area contributed by atoms with Gasteiger partial charge in [-0.25, -0.2) is 8.78 Å². The molecule has 0 radical (unpaired) electrons. The van der Waals surface area contributed by atoms with Gasteiger partial charge in [0.25, 0.3) is 0 Å². The van der Waals surface area contributed by atoms with Crippen molar-refractivity contribution in [2.75, 3.05) is 20.8 Å². The SMILES string of the molecule is COc1ccc(CN2CC(CC(F)F)CC2=O)c(OC)c1. The molecule has 21 heavy (non-hydrogen) atoms. The van der Waals surface area contributed by atoms with Crippen molar-refractivity contribution in [3.63, 3.8) is 0 Å². The average Bonchev–Trinajstić information content (AvgIpc) is 2.78. The number of nitrogens with zero attached hydrogens (tertiary/aromatic N) is 1. The number of methoxy groups -OCH3 is 2. The standard InChI is InChI=1S/C15H19F2NO3/c1-20-12-4-3-11(13(7-12)21-2)9-18-8-10(5-14(16)17)6-15(18)19/h3-4,7,10,14H,5-6,8-9H2,1-2H3. The van der Waals surface area contributed by atoms with Crippen LogP contribution in [-0.2, 0) is 11.3 Å². The minimum absolute atomic E-state index is 0.0847. The summed E-state index contributed by atoms with van der Waals surface area (Å²) in [6.45, 7) is 0.740. The second-order valence-electron chi connectivity index (χ2n) is 5.15. The van der Waals surface area contributed by atoms with E-state index in [1.54, 1.807) is 31.3 Å². The molecule has 1 aromatic carbocycles. The number of hydrogen-bond donors (Lipinski definition) is 0. The molecule has 1 aliphatic heterocycles. The van der Waals surface area contributed by atoms with Crippen LogP contribution in [0.15, 0.2) is 18.2 Å². The molecule has 116 valence electrons. The quantitative estimate of drug-likeness (QED) is 0.810. The van der Waals surface area contributed by atoms with Gasteiger partial charge in [-0.05, 0) is 18.1 Å². The summed E-state index contributed by atoms with van der Waals surface area (Å²) in [4.78, 5) is 13.5. The molecule has 1 saturated heterocycles. The van der Waals surface area contributed by atoms with E-state index >= 15 is 0 Å². The zero-order chi connectivity index (χ0) is 15.4. The summed E-state index contributed by atoms with van der Waals surface area (Å²) in [5.74, 6) is 0.943. The summed E-state index contributed by atoms with van der Waals surface area (Å²) in [5.41, 5.74) is 0.837. The Morgan fingerprint density at radius 1 is 1.33 bits per heavy atom. The van der Waals surface area contributed by atoms with Gasteiger partial charge in [0.1, 0.15) is 11.5 Å². The van der Waals surface area contributed by atoms with E-state index in [1.165, 1.54) is 0 Å². The fourth-order valence-electron chi connectivity index (χ4n) is 2.60. The number of alkyl halides is 2. The lowest BCUT2D eigenvalue weighted by Gasteiger charge is -2.19. The van der Waals surface area contributed by atoms with Crippen LogP contribution in [0, 0.1) is 5.92 Å². The van der Waals surface area contributed by atoms with Crippen LogP contribution in [0.25, 0.3) is 0 Å². The van der Waals surface area contributed by atoms with Crippen molar-refractivity contribution in [2.45, 2.75) is 25.8 Å². The molecule has 0 spiro atoms. The average molecular weight is 299 g/mol. The third-order valence-electron chi connectivity index (χ3n) is 3.66. The zero-order valence-corrected chi connectivity index (χ0v) is 12.1. The Bertz CT molecular complexity index is 508. The van der Waals surface area contributed by atoms with E-state index in [9.17, 15) is 13.6 Å². The van der Waals surface area contributed by atoms with Gasteiger partial charge in [-0.15, -0.1) is 0 Å². The third kappa shape index (κ3) is 3.83. The van der Waals surface area contributed by atoms with Crippen LogP contribution in [0.5, 0.6) is 11.5 Å². The van der Waals surface area contributed by atoms with E-state index < -0.39 is 6.43 Å². The van der Waals surface area contributed by atoms with Crippen molar-refractivity contribution in [1.82, 2.24) is 4.90 Å². The number of ether oxygens (including phenoxy) is 2. The first-order valence-electron chi connectivity index (χ1n) is 6.80. The van der Waals surface area contributed by atoms with Gasteiger partial charge < -0.3 is 14.4 Å². The maximum absolute atomic E-state index is 12.4. The highest BCUT2D eigenvalue weighted by Gasteiger charge is 2.31. The lowest BCUT2D eigenvalue weighted by atomic mass is 10.1. The summed E-state index contributed by atoms with van der Waals surface area (Å²) in [6, 6.07) is 5.35. The first-order valence-corrected chi connectivity index (χ1v) is 6.80. The van der Waals surface area contributed by atoms with Crippen LogP contribution >= 0.6 is 0 Å². The van der Waals surface area contributed by atoms with Crippen LogP contribution in [0.3, 0.4) is 0 Å². The van der Waals surface area contributed by atoms with Crippen LogP contribution in [0.4, 0.5) is 8.78 Å². The van der Waals surface area contributed by atoms with Crippen LogP contribution < -0.4 is 9.47 Å².